The molecule has 3 rings (SSSR count). The molecule has 6 heteroatoms. The number of rotatable bonds is 6. The lowest BCUT2D eigenvalue weighted by Crippen LogP contribution is -2.46. The average molecular weight is 373 g/mol. The molecule has 2 aliphatic rings. The van der Waals surface area contributed by atoms with Crippen LogP contribution in [-0.2, 0) is 9.53 Å². The number of likely N-dealkylation sites (tertiary alicyclic amines) is 1. The first-order valence-corrected chi connectivity index (χ1v) is 10.0. The van der Waals surface area contributed by atoms with Crippen molar-refractivity contribution in [1.29, 1.82) is 0 Å². The first kappa shape index (κ1) is 19.7. The summed E-state index contributed by atoms with van der Waals surface area (Å²) < 4.78 is 5.47. The van der Waals surface area contributed by atoms with Crippen LogP contribution in [0.15, 0.2) is 18.2 Å². The Kier molecular flexibility index (Phi) is 6.72. The largest absolute Gasteiger partial charge is 0.381 e. The van der Waals surface area contributed by atoms with Gasteiger partial charge in [0.2, 0.25) is 5.91 Å². The Morgan fingerprint density at radius 2 is 2.07 bits per heavy atom. The second kappa shape index (κ2) is 9.22. The number of hydrogen-bond acceptors (Lipinski definition) is 3. The van der Waals surface area contributed by atoms with Gasteiger partial charge in [0.15, 0.2) is 0 Å². The van der Waals surface area contributed by atoms with Crippen molar-refractivity contribution in [3.63, 3.8) is 0 Å². The Hall–Kier alpha value is -2.08. The number of anilines is 1. The van der Waals surface area contributed by atoms with Crippen molar-refractivity contribution in [2.45, 2.75) is 52.0 Å². The normalized spacial score (nSPS) is 18.0. The predicted octanol–water partition coefficient (Wildman–Crippen LogP) is 3.33. The molecule has 2 heterocycles. The molecule has 0 spiro atoms. The van der Waals surface area contributed by atoms with Crippen molar-refractivity contribution in [1.82, 2.24) is 9.80 Å². The number of hydrogen-bond donors (Lipinski definition) is 1. The van der Waals surface area contributed by atoms with Crippen LogP contribution >= 0.6 is 0 Å². The fraction of sp³-hybridized carbons (Fsp3) is 0.619. The van der Waals surface area contributed by atoms with E-state index in [1.807, 2.05) is 41.8 Å². The van der Waals surface area contributed by atoms with E-state index in [-0.39, 0.29) is 18.0 Å². The van der Waals surface area contributed by atoms with Gasteiger partial charge < -0.3 is 19.9 Å². The summed E-state index contributed by atoms with van der Waals surface area (Å²) in [4.78, 5) is 28.7. The van der Waals surface area contributed by atoms with Gasteiger partial charge in [-0.1, -0.05) is 12.1 Å². The van der Waals surface area contributed by atoms with Crippen LogP contribution in [0.4, 0.5) is 10.5 Å². The van der Waals surface area contributed by atoms with Gasteiger partial charge in [-0.05, 0) is 56.7 Å². The lowest BCUT2D eigenvalue weighted by Gasteiger charge is -2.35. The van der Waals surface area contributed by atoms with Gasteiger partial charge in [0.05, 0.1) is 0 Å². The summed E-state index contributed by atoms with van der Waals surface area (Å²) in [5.74, 6) is 0.243. The third-order valence-corrected chi connectivity index (χ3v) is 5.53. The predicted molar refractivity (Wildman–Crippen MR) is 106 cm³/mol. The molecule has 27 heavy (non-hydrogen) atoms. The van der Waals surface area contributed by atoms with E-state index in [9.17, 15) is 9.59 Å². The molecule has 2 saturated heterocycles. The lowest BCUT2D eigenvalue weighted by atomic mass is 10.1. The fourth-order valence-corrected chi connectivity index (χ4v) is 3.88. The highest BCUT2D eigenvalue weighted by molar-refractivity contribution is 5.90. The maximum absolute atomic E-state index is 13.1. The Labute approximate surface area is 161 Å². The molecule has 2 aliphatic heterocycles. The van der Waals surface area contributed by atoms with E-state index < -0.39 is 0 Å². The topological polar surface area (TPSA) is 61.9 Å². The maximum Gasteiger partial charge on any atom is 0.322 e. The molecule has 6 nitrogen and oxygen atoms in total. The number of carbonyl (C=O) groups is 2. The van der Waals surface area contributed by atoms with Gasteiger partial charge in [-0.15, -0.1) is 0 Å². The summed E-state index contributed by atoms with van der Waals surface area (Å²) in [6.45, 7) is 7.67. The van der Waals surface area contributed by atoms with Crippen LogP contribution in [0.1, 0.15) is 43.2 Å². The molecule has 0 aliphatic carbocycles. The van der Waals surface area contributed by atoms with Crippen molar-refractivity contribution < 1.29 is 14.3 Å². The van der Waals surface area contributed by atoms with E-state index in [1.54, 1.807) is 0 Å². The lowest BCUT2D eigenvalue weighted by molar-refractivity contribution is -0.127. The Morgan fingerprint density at radius 1 is 1.30 bits per heavy atom. The van der Waals surface area contributed by atoms with Crippen molar-refractivity contribution in [3.8, 4) is 0 Å². The first-order valence-electron chi connectivity index (χ1n) is 10.0. The van der Waals surface area contributed by atoms with Crippen molar-refractivity contribution in [2.75, 3.05) is 38.2 Å². The second-order valence-electron chi connectivity index (χ2n) is 7.62. The number of nitrogens with zero attached hydrogens (tertiary/aromatic N) is 2. The molecule has 0 aromatic heterocycles. The minimum atomic E-state index is -0.0525. The molecule has 2 fully saturated rings. The average Bonchev–Trinajstić information content (AvgIpc) is 3.07. The molecule has 0 radical (unpaired) electrons. The summed E-state index contributed by atoms with van der Waals surface area (Å²) in [5.41, 5.74) is 3.05. The van der Waals surface area contributed by atoms with Crippen molar-refractivity contribution in [3.05, 3.63) is 29.3 Å². The molecule has 0 bridgehead atoms. The van der Waals surface area contributed by atoms with Crippen molar-refractivity contribution >= 4 is 17.6 Å². The van der Waals surface area contributed by atoms with E-state index in [4.69, 9.17) is 4.74 Å². The number of benzene rings is 1. The highest BCUT2D eigenvalue weighted by Gasteiger charge is 2.27. The Bertz CT molecular complexity index is 671. The fourth-order valence-electron chi connectivity index (χ4n) is 3.88. The van der Waals surface area contributed by atoms with Crippen LogP contribution < -0.4 is 5.32 Å². The highest BCUT2D eigenvalue weighted by Crippen LogP contribution is 2.20. The van der Waals surface area contributed by atoms with Gasteiger partial charge in [-0.25, -0.2) is 4.79 Å². The zero-order chi connectivity index (χ0) is 19.2. The van der Waals surface area contributed by atoms with Crippen LogP contribution in [0.3, 0.4) is 0 Å². The van der Waals surface area contributed by atoms with Crippen LogP contribution in [0.2, 0.25) is 0 Å². The summed E-state index contributed by atoms with van der Waals surface area (Å²) >= 11 is 0. The summed E-state index contributed by atoms with van der Waals surface area (Å²) in [6, 6.07) is 6.23. The summed E-state index contributed by atoms with van der Waals surface area (Å²) in [5, 5.41) is 3.10. The van der Waals surface area contributed by atoms with E-state index in [1.165, 1.54) is 0 Å². The molecule has 1 N–H and O–H groups in total. The molecular formula is C21H31N3O3. The smallest absolute Gasteiger partial charge is 0.322 e. The van der Waals surface area contributed by atoms with Crippen LogP contribution in [0.5, 0.6) is 0 Å². The molecule has 1 aromatic carbocycles. The number of urea groups is 1. The Morgan fingerprint density at radius 3 is 2.78 bits per heavy atom. The molecule has 0 unspecified atom stereocenters. The summed E-state index contributed by atoms with van der Waals surface area (Å²) in [7, 11) is 0. The monoisotopic (exact) mass is 373 g/mol. The Balaban J connectivity index is 1.63. The standard InChI is InChI=1S/C21H31N3O3/c1-16-6-7-17(2)19(15-16)22-21(26)24(18-8-13-27-14-9-18)12-4-11-23-10-3-5-20(23)25/h6-7,15,18H,3-5,8-14H2,1-2H3,(H,22,26). The third kappa shape index (κ3) is 5.22. The molecule has 1 aromatic rings. The zero-order valence-electron chi connectivity index (χ0n) is 16.5. The van der Waals surface area contributed by atoms with Gasteiger partial charge in [-0.3, -0.25) is 4.79 Å². The molecule has 148 valence electrons. The highest BCUT2D eigenvalue weighted by atomic mass is 16.5. The maximum atomic E-state index is 13.1. The van der Waals surface area contributed by atoms with Crippen LogP contribution in [0.25, 0.3) is 0 Å². The number of nitrogens with one attached hydrogen (secondary N) is 1. The first-order chi connectivity index (χ1) is 13.0. The minimum absolute atomic E-state index is 0.0525. The molecule has 0 atom stereocenters. The van der Waals surface area contributed by atoms with Crippen LogP contribution in [-0.4, -0.2) is 60.6 Å². The van der Waals surface area contributed by atoms with Gasteiger partial charge >= 0.3 is 6.03 Å². The minimum Gasteiger partial charge on any atom is -0.381 e. The number of carbonyl (C=O) groups excluding carboxylic acids is 2. The van der Waals surface area contributed by atoms with Crippen molar-refractivity contribution in [2.24, 2.45) is 0 Å². The van der Waals surface area contributed by atoms with E-state index in [0.29, 0.717) is 26.2 Å². The SMILES string of the molecule is Cc1ccc(C)c(NC(=O)N(CCCN2CCCC2=O)C2CCOCC2)c1. The van der Waals surface area contributed by atoms with E-state index >= 15 is 0 Å². The van der Waals surface area contributed by atoms with Gasteiger partial charge in [0, 0.05) is 51.0 Å². The molecule has 0 saturated carbocycles. The van der Waals surface area contributed by atoms with E-state index in [2.05, 4.69) is 5.32 Å². The molecule has 3 amide bonds. The zero-order valence-corrected chi connectivity index (χ0v) is 16.5. The van der Waals surface area contributed by atoms with Crippen LogP contribution in [0, 0.1) is 13.8 Å². The number of amides is 3. The summed E-state index contributed by atoms with van der Waals surface area (Å²) in [6.07, 6.45) is 4.15. The third-order valence-electron chi connectivity index (χ3n) is 5.53. The second-order valence-corrected chi connectivity index (χ2v) is 7.62. The molecular weight excluding hydrogens is 342 g/mol. The quantitative estimate of drug-likeness (QED) is 0.832. The van der Waals surface area contributed by atoms with Gasteiger partial charge in [0.25, 0.3) is 0 Å². The van der Waals surface area contributed by atoms with Gasteiger partial charge in [-0.2, -0.15) is 0 Å². The van der Waals surface area contributed by atoms with Gasteiger partial charge in [0.1, 0.15) is 0 Å². The van der Waals surface area contributed by atoms with E-state index in [0.717, 1.165) is 55.6 Å². The number of ether oxygens (including phenoxy) is 1. The number of aryl methyl sites for hydroxylation is 2.